The topological polar surface area (TPSA) is 105 Å². The summed E-state index contributed by atoms with van der Waals surface area (Å²) >= 11 is 0. The number of phosphoric ester groups is 1. The van der Waals surface area contributed by atoms with E-state index in [1.54, 1.807) is 6.08 Å². The van der Waals surface area contributed by atoms with Gasteiger partial charge in [0.1, 0.15) is 13.2 Å². The van der Waals surface area contributed by atoms with Crippen molar-refractivity contribution in [2.45, 2.75) is 283 Å². The molecule has 0 aromatic rings. The van der Waals surface area contributed by atoms with Gasteiger partial charge in [0.15, 0.2) is 0 Å². The number of nitrogens with zero attached hydrogens (tertiary/aromatic N) is 1. The van der Waals surface area contributed by atoms with Gasteiger partial charge >= 0.3 is 7.82 Å². The third-order valence-corrected chi connectivity index (χ3v) is 14.0. The highest BCUT2D eigenvalue weighted by Gasteiger charge is 2.27. The summed E-state index contributed by atoms with van der Waals surface area (Å²) in [6.07, 6.45) is 66.8. The number of amides is 1. The summed E-state index contributed by atoms with van der Waals surface area (Å²) in [7, 11) is 1.55. The largest absolute Gasteiger partial charge is 0.472 e. The van der Waals surface area contributed by atoms with E-state index in [0.717, 1.165) is 51.4 Å². The number of phosphoric acid groups is 1. The summed E-state index contributed by atoms with van der Waals surface area (Å²) < 4.78 is 23.6. The molecule has 0 saturated heterocycles. The van der Waals surface area contributed by atoms with Crippen LogP contribution >= 0.6 is 7.82 Å². The molecule has 0 fully saturated rings. The van der Waals surface area contributed by atoms with Crippen LogP contribution in [0.3, 0.4) is 0 Å². The Morgan fingerprint density at radius 2 is 0.838 bits per heavy atom. The number of hydrogen-bond donors (Lipinski definition) is 3. The van der Waals surface area contributed by atoms with Crippen molar-refractivity contribution in [2.75, 3.05) is 40.9 Å². The lowest BCUT2D eigenvalue weighted by atomic mass is 10.0. The summed E-state index contributed by atoms with van der Waals surface area (Å²) in [4.78, 5) is 23.2. The smallest absolute Gasteiger partial charge is 0.387 e. The molecule has 1 amide bonds. The van der Waals surface area contributed by atoms with E-state index in [9.17, 15) is 19.4 Å². The predicted molar refractivity (Wildman–Crippen MR) is 295 cm³/mol. The van der Waals surface area contributed by atoms with Crippen molar-refractivity contribution < 1.29 is 32.9 Å². The molecule has 3 N–H and O–H groups in total. The molecular weight excluding hydrogens is 864 g/mol. The van der Waals surface area contributed by atoms with Gasteiger partial charge in [0, 0.05) is 6.42 Å². The molecule has 9 heteroatoms. The molecule has 8 nitrogen and oxygen atoms in total. The van der Waals surface area contributed by atoms with Crippen LogP contribution in [0, 0.1) is 0 Å². The number of rotatable bonds is 53. The normalized spacial score (nSPS) is 14.3. The molecule has 0 rings (SSSR count). The van der Waals surface area contributed by atoms with Gasteiger partial charge in [-0.3, -0.25) is 13.8 Å². The van der Waals surface area contributed by atoms with Gasteiger partial charge in [0.2, 0.25) is 5.91 Å². The van der Waals surface area contributed by atoms with Crippen LogP contribution in [0.1, 0.15) is 271 Å². The lowest BCUT2D eigenvalue weighted by Gasteiger charge is -2.25. The first-order valence-electron chi connectivity index (χ1n) is 29.0. The van der Waals surface area contributed by atoms with E-state index in [2.05, 4.69) is 55.6 Å². The Balaban J connectivity index is 3.92. The van der Waals surface area contributed by atoms with Crippen molar-refractivity contribution in [1.82, 2.24) is 5.32 Å². The summed E-state index contributed by atoms with van der Waals surface area (Å²) in [6.45, 7) is 4.72. The van der Waals surface area contributed by atoms with Crippen molar-refractivity contribution >= 4 is 13.7 Å². The molecule has 0 heterocycles. The molecule has 3 unspecified atom stereocenters. The number of aliphatic hydroxyl groups excluding tert-OH is 1. The highest BCUT2D eigenvalue weighted by atomic mass is 31.2. The average Bonchev–Trinajstić information content (AvgIpc) is 3.30. The van der Waals surface area contributed by atoms with E-state index >= 15 is 0 Å². The minimum Gasteiger partial charge on any atom is -0.387 e. The molecule has 0 aromatic carbocycles. The first kappa shape index (κ1) is 66.5. The van der Waals surface area contributed by atoms with Gasteiger partial charge in [0.25, 0.3) is 0 Å². The first-order valence-corrected chi connectivity index (χ1v) is 30.5. The molecule has 3 atom stereocenters. The van der Waals surface area contributed by atoms with Crippen molar-refractivity contribution in [2.24, 2.45) is 0 Å². The summed E-state index contributed by atoms with van der Waals surface area (Å²) in [5, 5.41) is 13.8. The maximum Gasteiger partial charge on any atom is 0.472 e. The van der Waals surface area contributed by atoms with Crippen LogP contribution < -0.4 is 5.32 Å². The number of aliphatic hydroxyl groups is 1. The molecule has 0 spiro atoms. The Morgan fingerprint density at radius 1 is 0.485 bits per heavy atom. The molecular formula is C59H114N2O6P+. The van der Waals surface area contributed by atoms with Crippen LogP contribution in [0.5, 0.6) is 0 Å². The molecule has 0 aliphatic carbocycles. The van der Waals surface area contributed by atoms with Crippen LogP contribution in [0.4, 0.5) is 0 Å². The van der Waals surface area contributed by atoms with Gasteiger partial charge in [0.05, 0.1) is 39.9 Å². The Morgan fingerprint density at radius 3 is 1.24 bits per heavy atom. The highest BCUT2D eigenvalue weighted by Crippen LogP contribution is 2.43. The standard InChI is InChI=1S/C59H113N2O6P/c1-6-8-10-12-14-16-18-19-20-21-22-23-24-25-26-27-28-29-30-31-32-33-34-35-36-37-38-39-40-41-43-45-47-49-51-53-59(63)60-57(56-67-68(64,65)66-55-54-61(3,4)5)58(62)52-50-48-46-44-42-17-15-13-11-9-7-2/h11,13,21-22,42,44,50,52,57-58,62H,6-10,12,14-20,23-41,43,45-49,51,53-56H2,1-5H3,(H-,60,63,64,65)/p+1/b13-11+,22-21-,44-42+,52-50+. The van der Waals surface area contributed by atoms with E-state index in [4.69, 9.17) is 9.05 Å². The zero-order chi connectivity index (χ0) is 49.9. The van der Waals surface area contributed by atoms with Crippen LogP contribution in [0.25, 0.3) is 0 Å². The number of hydrogen-bond acceptors (Lipinski definition) is 5. The number of nitrogens with one attached hydrogen (secondary N) is 1. The number of allylic oxidation sites excluding steroid dienone is 7. The van der Waals surface area contributed by atoms with Crippen LogP contribution in [-0.4, -0.2) is 73.4 Å². The van der Waals surface area contributed by atoms with Gasteiger partial charge in [-0.05, 0) is 64.2 Å². The molecule has 0 aliphatic rings. The molecule has 0 saturated carbocycles. The van der Waals surface area contributed by atoms with E-state index in [1.807, 2.05) is 27.2 Å². The minimum atomic E-state index is -4.35. The van der Waals surface area contributed by atoms with E-state index < -0.39 is 20.0 Å². The van der Waals surface area contributed by atoms with Crippen LogP contribution in [-0.2, 0) is 18.4 Å². The predicted octanol–water partition coefficient (Wildman–Crippen LogP) is 17.5. The third kappa shape index (κ3) is 52.3. The average molecular weight is 979 g/mol. The maximum atomic E-state index is 12.9. The number of quaternary nitrogens is 1. The van der Waals surface area contributed by atoms with Gasteiger partial charge in [-0.15, -0.1) is 0 Å². The van der Waals surface area contributed by atoms with Crippen molar-refractivity contribution in [3.63, 3.8) is 0 Å². The maximum absolute atomic E-state index is 12.9. The quantitative estimate of drug-likeness (QED) is 0.0243. The zero-order valence-electron chi connectivity index (χ0n) is 45.6. The fourth-order valence-corrected chi connectivity index (χ4v) is 9.17. The van der Waals surface area contributed by atoms with Gasteiger partial charge in [-0.1, -0.05) is 249 Å². The first-order chi connectivity index (χ1) is 33.0. The monoisotopic (exact) mass is 978 g/mol. The van der Waals surface area contributed by atoms with Gasteiger partial charge in [-0.2, -0.15) is 0 Å². The second kappa shape index (κ2) is 50.4. The number of carbonyl (C=O) groups is 1. The molecule has 0 aliphatic heterocycles. The second-order valence-corrected chi connectivity index (χ2v) is 22.4. The van der Waals surface area contributed by atoms with E-state index in [-0.39, 0.29) is 19.1 Å². The Labute approximate surface area is 422 Å². The fraction of sp³-hybridized carbons (Fsp3) is 0.847. The third-order valence-electron chi connectivity index (χ3n) is 13.0. The van der Waals surface area contributed by atoms with Crippen molar-refractivity contribution in [3.05, 3.63) is 48.6 Å². The molecule has 0 radical (unpaired) electrons. The van der Waals surface area contributed by atoms with Crippen molar-refractivity contribution in [1.29, 1.82) is 0 Å². The molecule has 0 aromatic heterocycles. The van der Waals surface area contributed by atoms with Crippen molar-refractivity contribution in [3.8, 4) is 0 Å². The Hall–Kier alpha value is -1.54. The number of likely N-dealkylation sites (N-methyl/N-ethyl adjacent to an activating group) is 1. The zero-order valence-corrected chi connectivity index (χ0v) is 46.5. The van der Waals surface area contributed by atoms with Gasteiger partial charge < -0.3 is 19.8 Å². The summed E-state index contributed by atoms with van der Waals surface area (Å²) in [6, 6.07) is -0.867. The van der Waals surface area contributed by atoms with Crippen LogP contribution in [0.2, 0.25) is 0 Å². The number of carbonyl (C=O) groups excluding carboxylic acids is 1. The summed E-state index contributed by atoms with van der Waals surface area (Å²) in [5.41, 5.74) is 0. The molecule has 0 bridgehead atoms. The summed E-state index contributed by atoms with van der Waals surface area (Å²) in [5.74, 6) is -0.190. The van der Waals surface area contributed by atoms with E-state index in [1.165, 1.54) is 199 Å². The molecule has 400 valence electrons. The number of unbranched alkanes of at least 4 members (excludes halogenated alkanes) is 34. The minimum absolute atomic E-state index is 0.0538. The Kier molecular flexibility index (Phi) is 49.3. The lowest BCUT2D eigenvalue weighted by Crippen LogP contribution is -2.45. The van der Waals surface area contributed by atoms with Gasteiger partial charge in [-0.25, -0.2) is 4.57 Å². The second-order valence-electron chi connectivity index (χ2n) is 21.0. The van der Waals surface area contributed by atoms with E-state index in [0.29, 0.717) is 17.4 Å². The van der Waals surface area contributed by atoms with Crippen LogP contribution in [0.15, 0.2) is 48.6 Å². The lowest BCUT2D eigenvalue weighted by molar-refractivity contribution is -0.870. The highest BCUT2D eigenvalue weighted by molar-refractivity contribution is 7.47. The molecule has 68 heavy (non-hydrogen) atoms. The SMILES string of the molecule is CCC/C=C/CC/C=C/CC/C=C/C(O)C(COP(=O)(O)OCC[N+](C)(C)C)NC(=O)CCCCCCCCCCCCCCCCCCCCCCCCC/C=C\CCCCCCCCCC. The Bertz CT molecular complexity index is 1250. The fourth-order valence-electron chi connectivity index (χ4n) is 8.43.